The lowest BCUT2D eigenvalue weighted by atomic mass is 10.2. The van der Waals surface area contributed by atoms with E-state index < -0.39 is 0 Å². The summed E-state index contributed by atoms with van der Waals surface area (Å²) in [5, 5.41) is 11.6. The molecule has 1 saturated carbocycles. The summed E-state index contributed by atoms with van der Waals surface area (Å²) < 4.78 is 0. The number of hydrogen-bond acceptors (Lipinski definition) is 7. The highest BCUT2D eigenvalue weighted by molar-refractivity contribution is 7.12. The van der Waals surface area contributed by atoms with E-state index in [9.17, 15) is 4.79 Å². The van der Waals surface area contributed by atoms with E-state index >= 15 is 0 Å². The second-order valence-electron chi connectivity index (χ2n) is 7.86. The Hall–Kier alpha value is -3.13. The van der Waals surface area contributed by atoms with Crippen LogP contribution in [0.3, 0.4) is 0 Å². The average Bonchev–Trinajstić information content (AvgIpc) is 3.46. The van der Waals surface area contributed by atoms with Crippen LogP contribution in [-0.2, 0) is 0 Å². The lowest BCUT2D eigenvalue weighted by Crippen LogP contribution is -2.25. The molecule has 1 fully saturated rings. The molecule has 4 rings (SSSR count). The predicted octanol–water partition coefficient (Wildman–Crippen LogP) is 4.46. The molecule has 2 aromatic heterocycles. The molecule has 0 bridgehead atoms. The van der Waals surface area contributed by atoms with Gasteiger partial charge in [0.25, 0.3) is 5.91 Å². The monoisotopic (exact) mass is 436 g/mol. The van der Waals surface area contributed by atoms with Crippen LogP contribution in [0.2, 0.25) is 0 Å². The SMILES string of the molecule is CN(C)c1cccc(Nc2ncc(C3CC3)c(NCCCNC(=O)c3cccs3)n2)c1. The Labute approximate surface area is 186 Å². The van der Waals surface area contributed by atoms with Crippen LogP contribution in [0.4, 0.5) is 23.1 Å². The molecule has 1 aromatic carbocycles. The molecule has 2 heterocycles. The van der Waals surface area contributed by atoms with Crippen molar-refractivity contribution in [3.8, 4) is 0 Å². The third-order valence-electron chi connectivity index (χ3n) is 5.13. The fourth-order valence-corrected chi connectivity index (χ4v) is 3.91. The standard InChI is InChI=1S/C23H28N6OS/c1-29(2)18-7-3-6-17(14-18)27-23-26-15-19(16-9-10-16)21(28-23)24-11-5-12-25-22(30)20-8-4-13-31-20/h3-4,6-8,13-16H,5,9-12H2,1-2H3,(H,25,30)(H2,24,26,27,28). The fourth-order valence-electron chi connectivity index (χ4n) is 3.27. The highest BCUT2D eigenvalue weighted by Crippen LogP contribution is 2.42. The van der Waals surface area contributed by atoms with Crippen molar-refractivity contribution in [2.24, 2.45) is 0 Å². The van der Waals surface area contributed by atoms with E-state index in [1.165, 1.54) is 29.7 Å². The van der Waals surface area contributed by atoms with Gasteiger partial charge in [0.15, 0.2) is 0 Å². The summed E-state index contributed by atoms with van der Waals surface area (Å²) in [4.78, 5) is 24.1. The molecule has 1 aliphatic carbocycles. The molecule has 0 atom stereocenters. The van der Waals surface area contributed by atoms with E-state index in [1.54, 1.807) is 0 Å². The van der Waals surface area contributed by atoms with Gasteiger partial charge < -0.3 is 20.9 Å². The van der Waals surface area contributed by atoms with Crippen molar-refractivity contribution in [1.82, 2.24) is 15.3 Å². The van der Waals surface area contributed by atoms with Gasteiger partial charge in [-0.2, -0.15) is 4.98 Å². The van der Waals surface area contributed by atoms with Gasteiger partial charge in [-0.25, -0.2) is 4.98 Å². The van der Waals surface area contributed by atoms with E-state index in [2.05, 4.69) is 38.0 Å². The molecule has 0 aliphatic heterocycles. The van der Waals surface area contributed by atoms with Crippen LogP contribution < -0.4 is 20.9 Å². The molecule has 1 aliphatic rings. The molecule has 0 saturated heterocycles. The summed E-state index contributed by atoms with van der Waals surface area (Å²) in [6.07, 6.45) is 5.13. The van der Waals surface area contributed by atoms with Gasteiger partial charge in [0.05, 0.1) is 4.88 Å². The molecule has 31 heavy (non-hydrogen) atoms. The lowest BCUT2D eigenvalue weighted by Gasteiger charge is -2.15. The number of rotatable bonds is 10. The zero-order valence-electron chi connectivity index (χ0n) is 17.9. The largest absolute Gasteiger partial charge is 0.378 e. The first-order valence-electron chi connectivity index (χ1n) is 10.6. The summed E-state index contributed by atoms with van der Waals surface area (Å²) in [6.45, 7) is 1.35. The van der Waals surface area contributed by atoms with Crippen LogP contribution in [0.1, 0.15) is 40.4 Å². The van der Waals surface area contributed by atoms with Gasteiger partial charge in [0.1, 0.15) is 5.82 Å². The second kappa shape index (κ2) is 9.78. The first kappa shape index (κ1) is 21.1. The molecule has 3 aromatic rings. The Kier molecular flexibility index (Phi) is 6.66. The van der Waals surface area contributed by atoms with E-state index in [0.717, 1.165) is 35.0 Å². The number of nitrogens with one attached hydrogen (secondary N) is 3. The first-order valence-corrected chi connectivity index (χ1v) is 11.4. The molecule has 7 nitrogen and oxygen atoms in total. The molecular weight excluding hydrogens is 408 g/mol. The number of thiophene rings is 1. The van der Waals surface area contributed by atoms with Crippen molar-refractivity contribution in [2.75, 3.05) is 42.7 Å². The minimum Gasteiger partial charge on any atom is -0.378 e. The van der Waals surface area contributed by atoms with Gasteiger partial charge in [-0.3, -0.25) is 4.79 Å². The van der Waals surface area contributed by atoms with Gasteiger partial charge >= 0.3 is 0 Å². The Bertz CT molecular complexity index is 1020. The van der Waals surface area contributed by atoms with Crippen LogP contribution >= 0.6 is 11.3 Å². The van der Waals surface area contributed by atoms with Crippen LogP contribution in [0.25, 0.3) is 0 Å². The Morgan fingerprint density at radius 2 is 2.06 bits per heavy atom. The number of carbonyl (C=O) groups excluding carboxylic acids is 1. The summed E-state index contributed by atoms with van der Waals surface area (Å²) in [5.41, 5.74) is 3.24. The number of hydrogen-bond donors (Lipinski definition) is 3. The zero-order valence-corrected chi connectivity index (χ0v) is 18.7. The van der Waals surface area contributed by atoms with Crippen LogP contribution in [0.15, 0.2) is 48.0 Å². The quantitative estimate of drug-likeness (QED) is 0.407. The average molecular weight is 437 g/mol. The third-order valence-corrected chi connectivity index (χ3v) is 6.00. The van der Waals surface area contributed by atoms with Crippen LogP contribution in [-0.4, -0.2) is 43.1 Å². The first-order chi connectivity index (χ1) is 15.1. The van der Waals surface area contributed by atoms with Gasteiger partial charge in [-0.1, -0.05) is 12.1 Å². The number of aromatic nitrogens is 2. The number of benzene rings is 1. The second-order valence-corrected chi connectivity index (χ2v) is 8.80. The summed E-state index contributed by atoms with van der Waals surface area (Å²) in [6, 6.07) is 11.9. The Morgan fingerprint density at radius 1 is 1.19 bits per heavy atom. The van der Waals surface area contributed by atoms with Crippen LogP contribution in [0.5, 0.6) is 0 Å². The summed E-state index contributed by atoms with van der Waals surface area (Å²) >= 11 is 1.45. The van der Waals surface area contributed by atoms with E-state index in [-0.39, 0.29) is 5.91 Å². The third kappa shape index (κ3) is 5.73. The highest BCUT2D eigenvalue weighted by atomic mass is 32.1. The lowest BCUT2D eigenvalue weighted by molar-refractivity contribution is 0.0957. The van der Waals surface area contributed by atoms with Crippen molar-refractivity contribution in [3.05, 3.63) is 58.4 Å². The van der Waals surface area contributed by atoms with E-state index in [4.69, 9.17) is 4.98 Å². The minimum absolute atomic E-state index is 0.0119. The number of anilines is 4. The van der Waals surface area contributed by atoms with Gasteiger partial charge in [0, 0.05) is 50.3 Å². The minimum atomic E-state index is -0.0119. The number of amides is 1. The molecule has 8 heteroatoms. The maximum absolute atomic E-state index is 12.0. The van der Waals surface area contributed by atoms with E-state index in [1.807, 2.05) is 49.9 Å². The normalized spacial score (nSPS) is 13.0. The predicted molar refractivity (Wildman–Crippen MR) is 128 cm³/mol. The maximum atomic E-state index is 12.0. The summed E-state index contributed by atoms with van der Waals surface area (Å²) in [7, 11) is 4.04. The Balaban J connectivity index is 1.35. The molecule has 0 unspecified atom stereocenters. The number of nitrogens with zero attached hydrogens (tertiary/aromatic N) is 3. The fraction of sp³-hybridized carbons (Fsp3) is 0.348. The highest BCUT2D eigenvalue weighted by Gasteiger charge is 2.27. The Morgan fingerprint density at radius 3 is 2.81 bits per heavy atom. The van der Waals surface area contributed by atoms with Gasteiger partial charge in [0.2, 0.25) is 5.95 Å². The number of carbonyl (C=O) groups is 1. The van der Waals surface area contributed by atoms with Crippen molar-refractivity contribution < 1.29 is 4.79 Å². The molecule has 162 valence electrons. The molecule has 1 amide bonds. The zero-order chi connectivity index (χ0) is 21.6. The van der Waals surface area contributed by atoms with Crippen molar-refractivity contribution in [1.29, 1.82) is 0 Å². The van der Waals surface area contributed by atoms with Gasteiger partial charge in [-0.15, -0.1) is 11.3 Å². The smallest absolute Gasteiger partial charge is 0.261 e. The summed E-state index contributed by atoms with van der Waals surface area (Å²) in [5.74, 6) is 2.00. The van der Waals surface area contributed by atoms with E-state index in [0.29, 0.717) is 18.4 Å². The van der Waals surface area contributed by atoms with Crippen molar-refractivity contribution in [2.45, 2.75) is 25.2 Å². The topological polar surface area (TPSA) is 82.2 Å². The molecule has 3 N–H and O–H groups in total. The van der Waals surface area contributed by atoms with Crippen molar-refractivity contribution in [3.63, 3.8) is 0 Å². The molecule has 0 radical (unpaired) electrons. The van der Waals surface area contributed by atoms with Crippen LogP contribution in [0, 0.1) is 0 Å². The van der Waals surface area contributed by atoms with Crippen molar-refractivity contribution >= 4 is 40.4 Å². The molecule has 0 spiro atoms. The van der Waals surface area contributed by atoms with Gasteiger partial charge in [-0.05, 0) is 54.8 Å². The molecular formula is C23H28N6OS. The maximum Gasteiger partial charge on any atom is 0.261 e.